The predicted octanol–water partition coefficient (Wildman–Crippen LogP) is 4.57. The van der Waals surface area contributed by atoms with Gasteiger partial charge < -0.3 is 14.6 Å². The van der Waals surface area contributed by atoms with Gasteiger partial charge >= 0.3 is 0 Å². The fraction of sp³-hybridized carbons (Fsp3) is 0.519. The van der Waals surface area contributed by atoms with Gasteiger partial charge in [0, 0.05) is 31.0 Å². The van der Waals surface area contributed by atoms with Gasteiger partial charge in [0.05, 0.1) is 13.2 Å². The number of aliphatic hydroxyl groups excluding tert-OH is 1. The van der Waals surface area contributed by atoms with Gasteiger partial charge in [-0.2, -0.15) is 0 Å². The maximum atomic E-state index is 13.2. The molecule has 1 heterocycles. The first-order chi connectivity index (χ1) is 15.4. The molecule has 0 aromatic heterocycles. The van der Waals surface area contributed by atoms with Crippen LogP contribution in [0.5, 0.6) is 11.5 Å². The van der Waals surface area contributed by atoms with E-state index in [1.807, 2.05) is 37.3 Å². The van der Waals surface area contributed by atoms with E-state index in [1.54, 1.807) is 14.0 Å². The normalized spacial score (nSPS) is 25.1. The van der Waals surface area contributed by atoms with Crippen molar-refractivity contribution in [2.24, 2.45) is 5.41 Å². The van der Waals surface area contributed by atoms with Gasteiger partial charge in [0.15, 0.2) is 17.3 Å². The summed E-state index contributed by atoms with van der Waals surface area (Å²) in [5, 5.41) is 10.2. The molecule has 2 aliphatic rings. The molecule has 5 nitrogen and oxygen atoms in total. The van der Waals surface area contributed by atoms with Crippen molar-refractivity contribution < 1.29 is 19.4 Å². The fourth-order valence-corrected chi connectivity index (χ4v) is 5.45. The van der Waals surface area contributed by atoms with Crippen LogP contribution in [-0.4, -0.2) is 48.2 Å². The fourth-order valence-electron chi connectivity index (χ4n) is 5.45. The van der Waals surface area contributed by atoms with Crippen molar-refractivity contribution in [3.8, 4) is 11.5 Å². The van der Waals surface area contributed by atoms with Crippen LogP contribution in [0.25, 0.3) is 0 Å². The van der Waals surface area contributed by atoms with Crippen LogP contribution in [0.1, 0.15) is 56.6 Å². The third-order valence-electron chi connectivity index (χ3n) is 7.14. The van der Waals surface area contributed by atoms with Crippen LogP contribution in [0.4, 0.5) is 0 Å². The Kier molecular flexibility index (Phi) is 6.87. The Bertz CT molecular complexity index is 923. The van der Waals surface area contributed by atoms with E-state index >= 15 is 0 Å². The average molecular weight is 438 g/mol. The first-order valence-electron chi connectivity index (χ1n) is 11.7. The molecule has 2 aromatic carbocycles. The third-order valence-corrected chi connectivity index (χ3v) is 7.14. The number of methoxy groups -OCH3 is 1. The number of hydrogen-bond acceptors (Lipinski definition) is 5. The Morgan fingerprint density at radius 1 is 1.16 bits per heavy atom. The van der Waals surface area contributed by atoms with Gasteiger partial charge in [-0.1, -0.05) is 43.3 Å². The molecule has 0 radical (unpaired) electrons. The quantitative estimate of drug-likeness (QED) is 0.655. The zero-order valence-corrected chi connectivity index (χ0v) is 19.4. The summed E-state index contributed by atoms with van der Waals surface area (Å²) in [7, 11) is 1.66. The number of nitrogens with zero attached hydrogens (tertiary/aromatic N) is 1. The number of aliphatic hydroxyl groups is 1. The minimum atomic E-state index is -0.994. The second kappa shape index (κ2) is 9.63. The second-order valence-electron chi connectivity index (χ2n) is 9.60. The molecule has 0 amide bonds. The summed E-state index contributed by atoms with van der Waals surface area (Å²) in [5.74, 6) is 1.34. The van der Waals surface area contributed by atoms with E-state index < -0.39 is 11.5 Å². The number of carbonyl (C=O) groups excluding carboxylic acids is 1. The van der Waals surface area contributed by atoms with Gasteiger partial charge in [0.1, 0.15) is 6.10 Å². The Balaban J connectivity index is 1.64. The summed E-state index contributed by atoms with van der Waals surface area (Å²) < 4.78 is 11.9. The molecule has 2 fully saturated rings. The molecule has 0 bridgehead atoms. The molecule has 1 N–H and O–H groups in total. The molecular weight excluding hydrogens is 402 g/mol. The number of likely N-dealkylation sites (tertiary alicyclic amines) is 1. The van der Waals surface area contributed by atoms with E-state index in [0.717, 1.165) is 43.0 Å². The van der Waals surface area contributed by atoms with Gasteiger partial charge in [0.2, 0.25) is 0 Å². The summed E-state index contributed by atoms with van der Waals surface area (Å²) >= 11 is 0. The topological polar surface area (TPSA) is 59.0 Å². The lowest BCUT2D eigenvalue weighted by atomic mass is 9.71. The molecule has 1 saturated heterocycles. The van der Waals surface area contributed by atoms with Crippen LogP contribution in [0, 0.1) is 5.41 Å². The van der Waals surface area contributed by atoms with E-state index in [0.29, 0.717) is 6.54 Å². The smallest absolute Gasteiger partial charge is 0.168 e. The highest BCUT2D eigenvalue weighted by molar-refractivity contribution is 5.89. The van der Waals surface area contributed by atoms with Gasteiger partial charge in [-0.25, -0.2) is 0 Å². The van der Waals surface area contributed by atoms with Crippen molar-refractivity contribution in [1.82, 2.24) is 4.90 Å². The lowest BCUT2D eigenvalue weighted by Gasteiger charge is -2.31. The number of carbonyl (C=O) groups is 1. The van der Waals surface area contributed by atoms with Gasteiger partial charge in [-0.15, -0.1) is 0 Å². The zero-order valence-electron chi connectivity index (χ0n) is 19.4. The largest absolute Gasteiger partial charge is 0.493 e. The van der Waals surface area contributed by atoms with E-state index in [2.05, 4.69) is 23.1 Å². The monoisotopic (exact) mass is 437 g/mol. The maximum absolute atomic E-state index is 13.2. The molecule has 1 unspecified atom stereocenters. The minimum absolute atomic E-state index is 0.0369. The molecule has 2 aromatic rings. The minimum Gasteiger partial charge on any atom is -0.493 e. The van der Waals surface area contributed by atoms with Crippen LogP contribution < -0.4 is 9.47 Å². The Labute approximate surface area is 191 Å². The van der Waals surface area contributed by atoms with Crippen molar-refractivity contribution >= 4 is 5.78 Å². The summed E-state index contributed by atoms with van der Waals surface area (Å²) in [6.45, 7) is 5.72. The predicted molar refractivity (Wildman–Crippen MR) is 125 cm³/mol. The second-order valence-corrected chi connectivity index (χ2v) is 9.60. The lowest BCUT2D eigenvalue weighted by molar-refractivity contribution is -0.135. The first kappa shape index (κ1) is 22.8. The number of benzene rings is 2. The first-order valence-corrected chi connectivity index (χ1v) is 11.7. The Hall–Kier alpha value is -2.37. The highest BCUT2D eigenvalue weighted by Crippen LogP contribution is 2.46. The van der Waals surface area contributed by atoms with Gasteiger partial charge in [-0.3, -0.25) is 9.69 Å². The number of ketones is 1. The summed E-state index contributed by atoms with van der Waals surface area (Å²) in [4.78, 5) is 15.5. The Morgan fingerprint density at radius 2 is 1.88 bits per heavy atom. The van der Waals surface area contributed by atoms with Crippen LogP contribution in [0.15, 0.2) is 48.5 Å². The molecule has 1 saturated carbocycles. The molecule has 3 atom stereocenters. The number of Topliss-reactive ketones (excluding diaryl/α,β-unsaturated/α-hetero) is 1. The van der Waals surface area contributed by atoms with Gasteiger partial charge in [-0.05, 0) is 55.9 Å². The summed E-state index contributed by atoms with van der Waals surface area (Å²) in [6.07, 6.45) is 3.77. The van der Waals surface area contributed by atoms with Crippen molar-refractivity contribution in [1.29, 1.82) is 0 Å². The highest BCUT2D eigenvalue weighted by Gasteiger charge is 2.50. The summed E-state index contributed by atoms with van der Waals surface area (Å²) in [5.41, 5.74) is 1.60. The maximum Gasteiger partial charge on any atom is 0.168 e. The molecule has 172 valence electrons. The number of hydrogen-bond donors (Lipinski definition) is 1. The average Bonchev–Trinajstić information content (AvgIpc) is 3.42. The molecule has 1 aliphatic carbocycles. The summed E-state index contributed by atoms with van der Waals surface area (Å²) in [6, 6.07) is 16.4. The molecule has 0 spiro atoms. The third kappa shape index (κ3) is 4.69. The zero-order chi connectivity index (χ0) is 22.7. The van der Waals surface area contributed by atoms with E-state index in [-0.39, 0.29) is 17.8 Å². The molecule has 32 heavy (non-hydrogen) atoms. The molecule has 4 rings (SSSR count). The van der Waals surface area contributed by atoms with Crippen molar-refractivity contribution in [3.63, 3.8) is 0 Å². The van der Waals surface area contributed by atoms with Crippen LogP contribution in [0.2, 0.25) is 0 Å². The van der Waals surface area contributed by atoms with Gasteiger partial charge in [0.25, 0.3) is 0 Å². The molecule has 1 aliphatic heterocycles. The van der Waals surface area contributed by atoms with Crippen molar-refractivity contribution in [3.05, 3.63) is 59.7 Å². The number of ether oxygens (including phenoxy) is 2. The van der Waals surface area contributed by atoms with Crippen LogP contribution >= 0.6 is 0 Å². The standard InChI is InChI=1S/C27H35NO4/c1-19(29)26(30)27(2)18-28(16-20-9-5-4-6-10-20)17-23(27)21-13-14-24(31-3)25(15-21)32-22-11-7-8-12-22/h4-6,9-10,13-15,19,22-23,29H,7-8,11-12,16-18H2,1-3H3/t19?,23-,27+/m0/s1. The Morgan fingerprint density at radius 3 is 2.53 bits per heavy atom. The lowest BCUT2D eigenvalue weighted by Crippen LogP contribution is -2.40. The van der Waals surface area contributed by atoms with E-state index in [9.17, 15) is 9.90 Å². The highest BCUT2D eigenvalue weighted by atomic mass is 16.5. The van der Waals surface area contributed by atoms with Crippen LogP contribution in [-0.2, 0) is 11.3 Å². The van der Waals surface area contributed by atoms with Crippen LogP contribution in [0.3, 0.4) is 0 Å². The number of rotatable bonds is 8. The van der Waals surface area contributed by atoms with E-state index in [4.69, 9.17) is 9.47 Å². The van der Waals surface area contributed by atoms with Crippen molar-refractivity contribution in [2.45, 2.75) is 64.2 Å². The van der Waals surface area contributed by atoms with Crippen molar-refractivity contribution in [2.75, 3.05) is 20.2 Å². The van der Waals surface area contributed by atoms with E-state index in [1.165, 1.54) is 18.4 Å². The molecular formula is C27H35NO4. The molecule has 5 heteroatoms. The SMILES string of the molecule is COc1ccc([C@@H]2CN(Cc3ccccc3)C[C@@]2(C)C(=O)C(C)O)cc1OC1CCCC1.